The number of benzene rings is 2. The first-order valence-corrected chi connectivity index (χ1v) is 8.45. The summed E-state index contributed by atoms with van der Waals surface area (Å²) in [5.41, 5.74) is 1.43. The van der Waals surface area contributed by atoms with Gasteiger partial charge in [0.1, 0.15) is 0 Å². The Morgan fingerprint density at radius 3 is 2.62 bits per heavy atom. The first-order valence-electron chi connectivity index (χ1n) is 8.07. The maximum atomic E-state index is 11.9. The van der Waals surface area contributed by atoms with E-state index in [1.165, 1.54) is 13.2 Å². The number of nitrogens with zero attached hydrogens (tertiary/aromatic N) is 1. The Morgan fingerprint density at radius 2 is 1.96 bits per heavy atom. The number of carbonyl (C=O) groups is 1. The van der Waals surface area contributed by atoms with E-state index in [1.54, 1.807) is 36.4 Å². The van der Waals surface area contributed by atoms with Gasteiger partial charge in [-0.3, -0.25) is 14.9 Å². The van der Waals surface area contributed by atoms with Gasteiger partial charge < -0.3 is 15.4 Å². The van der Waals surface area contributed by atoms with Gasteiger partial charge in [0.15, 0.2) is 5.75 Å². The quantitative estimate of drug-likeness (QED) is 0.394. The van der Waals surface area contributed by atoms with Crippen LogP contribution in [-0.2, 0) is 11.3 Å². The number of ether oxygens (including phenoxy) is 1. The average Bonchev–Trinajstić information content (AvgIpc) is 2.63. The second-order valence-corrected chi connectivity index (χ2v) is 6.04. The number of hydrogen-bond acceptors (Lipinski definition) is 5. The van der Waals surface area contributed by atoms with Gasteiger partial charge in [-0.2, -0.15) is 0 Å². The molecule has 2 N–H and O–H groups in total. The molecule has 0 aliphatic rings. The van der Waals surface area contributed by atoms with Gasteiger partial charge in [0, 0.05) is 29.7 Å². The van der Waals surface area contributed by atoms with Crippen molar-refractivity contribution in [3.8, 4) is 5.75 Å². The fourth-order valence-corrected chi connectivity index (χ4v) is 2.48. The van der Waals surface area contributed by atoms with Crippen molar-refractivity contribution in [2.24, 2.45) is 0 Å². The predicted octanol–water partition coefficient (Wildman–Crippen LogP) is 3.77. The number of anilines is 1. The first kappa shape index (κ1) is 19.7. The second-order valence-electron chi connectivity index (χ2n) is 5.60. The second kappa shape index (κ2) is 9.74. The Hall–Kier alpha value is -2.64. The molecule has 0 radical (unpaired) electrons. The van der Waals surface area contributed by atoms with Crippen LogP contribution in [0.25, 0.3) is 0 Å². The van der Waals surface area contributed by atoms with E-state index < -0.39 is 4.92 Å². The number of carbonyl (C=O) groups excluding carboxylic acids is 1. The van der Waals surface area contributed by atoms with Crippen molar-refractivity contribution < 1.29 is 14.5 Å². The van der Waals surface area contributed by atoms with Gasteiger partial charge in [-0.15, -0.1) is 0 Å². The highest BCUT2D eigenvalue weighted by atomic mass is 35.5. The minimum absolute atomic E-state index is 0.0610. The molecular formula is C18H20ClN3O4. The van der Waals surface area contributed by atoms with Gasteiger partial charge in [0.25, 0.3) is 0 Å². The summed E-state index contributed by atoms with van der Waals surface area (Å²) in [4.78, 5) is 22.4. The van der Waals surface area contributed by atoms with Crippen LogP contribution in [0.4, 0.5) is 11.4 Å². The molecule has 2 aromatic carbocycles. The molecule has 1 amide bonds. The molecule has 0 saturated carbocycles. The predicted molar refractivity (Wildman–Crippen MR) is 101 cm³/mol. The number of nitro benzene ring substituents is 1. The van der Waals surface area contributed by atoms with E-state index in [9.17, 15) is 14.9 Å². The van der Waals surface area contributed by atoms with Gasteiger partial charge in [-0.1, -0.05) is 17.7 Å². The molecule has 138 valence electrons. The summed E-state index contributed by atoms with van der Waals surface area (Å²) in [6, 6.07) is 11.8. The fourth-order valence-electron chi connectivity index (χ4n) is 2.35. The zero-order valence-corrected chi connectivity index (χ0v) is 15.1. The third-order valence-electron chi connectivity index (χ3n) is 3.65. The molecule has 0 aromatic heterocycles. The molecule has 2 aromatic rings. The molecule has 0 aliphatic carbocycles. The Morgan fingerprint density at radius 1 is 1.23 bits per heavy atom. The van der Waals surface area contributed by atoms with Crippen LogP contribution in [0.15, 0.2) is 42.5 Å². The molecule has 0 fully saturated rings. The molecule has 0 bridgehead atoms. The molecule has 0 atom stereocenters. The molecule has 0 aliphatic heterocycles. The van der Waals surface area contributed by atoms with Crippen LogP contribution in [0.2, 0.25) is 5.02 Å². The molecular weight excluding hydrogens is 358 g/mol. The van der Waals surface area contributed by atoms with Crippen molar-refractivity contribution in [3.63, 3.8) is 0 Å². The monoisotopic (exact) mass is 377 g/mol. The molecule has 26 heavy (non-hydrogen) atoms. The van der Waals surface area contributed by atoms with Crippen molar-refractivity contribution in [1.29, 1.82) is 0 Å². The number of hydrogen-bond donors (Lipinski definition) is 2. The SMILES string of the molecule is COc1ccc(CNCCCC(=O)Nc2ccc(Cl)cc2)cc1[N+](=O)[O-]. The summed E-state index contributed by atoms with van der Waals surface area (Å²) < 4.78 is 4.97. The molecule has 8 heteroatoms. The highest BCUT2D eigenvalue weighted by molar-refractivity contribution is 6.30. The Bertz CT molecular complexity index is 766. The third-order valence-corrected chi connectivity index (χ3v) is 3.91. The van der Waals surface area contributed by atoms with Crippen molar-refractivity contribution >= 4 is 28.9 Å². The summed E-state index contributed by atoms with van der Waals surface area (Å²) in [5, 5.41) is 17.6. The van der Waals surface area contributed by atoms with Gasteiger partial charge in [-0.05, 0) is 48.9 Å². The molecule has 2 rings (SSSR count). The van der Waals surface area contributed by atoms with Crippen LogP contribution in [-0.4, -0.2) is 24.5 Å². The van der Waals surface area contributed by atoms with E-state index in [1.807, 2.05) is 0 Å². The summed E-state index contributed by atoms with van der Waals surface area (Å²) in [7, 11) is 1.40. The lowest BCUT2D eigenvalue weighted by molar-refractivity contribution is -0.385. The van der Waals surface area contributed by atoms with E-state index in [0.29, 0.717) is 36.6 Å². The van der Waals surface area contributed by atoms with E-state index in [-0.39, 0.29) is 17.3 Å². The van der Waals surface area contributed by atoms with E-state index in [0.717, 1.165) is 5.56 Å². The van der Waals surface area contributed by atoms with Crippen LogP contribution in [0, 0.1) is 10.1 Å². The smallest absolute Gasteiger partial charge is 0.311 e. The number of rotatable bonds is 9. The molecule has 0 heterocycles. The maximum absolute atomic E-state index is 11.9. The van der Waals surface area contributed by atoms with Gasteiger partial charge >= 0.3 is 5.69 Å². The van der Waals surface area contributed by atoms with E-state index in [4.69, 9.17) is 16.3 Å². The topological polar surface area (TPSA) is 93.5 Å². The lowest BCUT2D eigenvalue weighted by atomic mass is 10.2. The van der Waals surface area contributed by atoms with Crippen LogP contribution in [0.1, 0.15) is 18.4 Å². The summed E-state index contributed by atoms with van der Waals surface area (Å²) in [6.07, 6.45) is 1.02. The number of amides is 1. The van der Waals surface area contributed by atoms with E-state index in [2.05, 4.69) is 10.6 Å². The third kappa shape index (κ3) is 6.02. The summed E-state index contributed by atoms with van der Waals surface area (Å²) >= 11 is 5.80. The molecule has 0 saturated heterocycles. The minimum Gasteiger partial charge on any atom is -0.490 e. The fraction of sp³-hybridized carbons (Fsp3) is 0.278. The average molecular weight is 378 g/mol. The van der Waals surface area contributed by atoms with Crippen molar-refractivity contribution in [2.75, 3.05) is 19.0 Å². The Labute approximate surface area is 156 Å². The summed E-state index contributed by atoms with van der Waals surface area (Å²) in [5.74, 6) is 0.159. The van der Waals surface area contributed by atoms with Gasteiger partial charge in [0.05, 0.1) is 12.0 Å². The minimum atomic E-state index is -0.469. The maximum Gasteiger partial charge on any atom is 0.311 e. The van der Waals surface area contributed by atoms with Crippen LogP contribution < -0.4 is 15.4 Å². The van der Waals surface area contributed by atoms with Crippen molar-refractivity contribution in [3.05, 3.63) is 63.2 Å². The Balaban J connectivity index is 1.72. The van der Waals surface area contributed by atoms with Gasteiger partial charge in [0.2, 0.25) is 5.91 Å². The zero-order valence-electron chi connectivity index (χ0n) is 14.3. The van der Waals surface area contributed by atoms with Crippen LogP contribution >= 0.6 is 11.6 Å². The Kier molecular flexibility index (Phi) is 7.37. The molecule has 0 unspecified atom stereocenters. The number of methoxy groups -OCH3 is 1. The van der Waals surface area contributed by atoms with Crippen molar-refractivity contribution in [1.82, 2.24) is 5.32 Å². The first-order chi connectivity index (χ1) is 12.5. The van der Waals surface area contributed by atoms with Crippen LogP contribution in [0.3, 0.4) is 0 Å². The normalized spacial score (nSPS) is 10.4. The summed E-state index contributed by atoms with van der Waals surface area (Å²) in [6.45, 7) is 1.09. The highest BCUT2D eigenvalue weighted by Crippen LogP contribution is 2.27. The standard InChI is InChI=1S/C18H20ClN3O4/c1-26-17-9-4-13(11-16(17)22(24)25)12-20-10-2-3-18(23)21-15-7-5-14(19)6-8-15/h4-9,11,20H,2-3,10,12H2,1H3,(H,21,23). The lowest BCUT2D eigenvalue weighted by Gasteiger charge is -2.08. The largest absolute Gasteiger partial charge is 0.490 e. The van der Waals surface area contributed by atoms with E-state index >= 15 is 0 Å². The highest BCUT2D eigenvalue weighted by Gasteiger charge is 2.14. The number of halogens is 1. The van der Waals surface area contributed by atoms with Crippen LogP contribution in [0.5, 0.6) is 5.75 Å². The zero-order chi connectivity index (χ0) is 18.9. The van der Waals surface area contributed by atoms with Gasteiger partial charge in [-0.25, -0.2) is 0 Å². The lowest BCUT2D eigenvalue weighted by Crippen LogP contribution is -2.18. The molecule has 7 nitrogen and oxygen atoms in total. The number of nitro groups is 1. The van der Waals surface area contributed by atoms with Crippen molar-refractivity contribution in [2.45, 2.75) is 19.4 Å². The molecule has 0 spiro atoms. The number of nitrogens with one attached hydrogen (secondary N) is 2.